The van der Waals surface area contributed by atoms with E-state index in [9.17, 15) is 18.7 Å². The van der Waals surface area contributed by atoms with Crippen molar-refractivity contribution < 1.29 is 18.7 Å². The Balaban J connectivity index is 1.57. The first kappa shape index (κ1) is 17.1. The zero-order valence-electron chi connectivity index (χ0n) is 13.5. The van der Waals surface area contributed by atoms with Gasteiger partial charge in [0.25, 0.3) is 0 Å². The van der Waals surface area contributed by atoms with Crippen LogP contribution >= 0.6 is 0 Å². The van der Waals surface area contributed by atoms with Gasteiger partial charge in [-0.3, -0.25) is 4.79 Å². The number of carbonyl (C=O) groups is 1. The van der Waals surface area contributed by atoms with Crippen LogP contribution in [0.4, 0.5) is 14.5 Å². The minimum atomic E-state index is -0.596. The molecular formula is C17H23F2N3O2. The van der Waals surface area contributed by atoms with E-state index in [1.807, 2.05) is 4.90 Å². The highest BCUT2D eigenvalue weighted by Crippen LogP contribution is 2.27. The fraction of sp³-hybridized carbons (Fsp3) is 0.588. The molecule has 1 aromatic carbocycles. The molecule has 3 atom stereocenters. The van der Waals surface area contributed by atoms with Crippen LogP contribution in [-0.4, -0.2) is 54.2 Å². The number of rotatable bonds is 2. The number of carbonyl (C=O) groups excluding carboxylic acids is 1. The Kier molecular flexibility index (Phi) is 5.01. The van der Waals surface area contributed by atoms with Crippen LogP contribution in [0, 0.1) is 17.6 Å². The maximum Gasteiger partial charge on any atom is 0.225 e. The fourth-order valence-corrected chi connectivity index (χ4v) is 3.58. The van der Waals surface area contributed by atoms with Gasteiger partial charge in [0.15, 0.2) is 0 Å². The van der Waals surface area contributed by atoms with E-state index in [2.05, 4.69) is 0 Å². The molecule has 1 saturated heterocycles. The van der Waals surface area contributed by atoms with Crippen LogP contribution in [0.3, 0.4) is 0 Å². The molecule has 0 unspecified atom stereocenters. The highest BCUT2D eigenvalue weighted by molar-refractivity contribution is 5.79. The topological polar surface area (TPSA) is 69.8 Å². The van der Waals surface area contributed by atoms with E-state index in [1.165, 1.54) is 12.1 Å². The average molecular weight is 339 g/mol. The summed E-state index contributed by atoms with van der Waals surface area (Å²) < 4.78 is 26.9. The summed E-state index contributed by atoms with van der Waals surface area (Å²) in [6, 6.07) is 3.21. The normalized spacial score (nSPS) is 28.1. The van der Waals surface area contributed by atoms with Crippen molar-refractivity contribution in [3.8, 4) is 0 Å². The summed E-state index contributed by atoms with van der Waals surface area (Å²) in [5.41, 5.74) is 6.23. The SMILES string of the molecule is N[C@@H]1C[C@@H](C(=O)N2CCN(c3ccc(F)cc3F)CC2)CC[C@H]1O. The second-order valence-corrected chi connectivity index (χ2v) is 6.65. The molecule has 1 aliphatic heterocycles. The van der Waals surface area contributed by atoms with Crippen molar-refractivity contribution in [1.82, 2.24) is 4.90 Å². The van der Waals surface area contributed by atoms with E-state index in [0.717, 1.165) is 6.07 Å². The number of piperazine rings is 1. The third-order valence-electron chi connectivity index (χ3n) is 5.05. The summed E-state index contributed by atoms with van der Waals surface area (Å²) in [5.74, 6) is -1.25. The van der Waals surface area contributed by atoms with Crippen molar-refractivity contribution in [2.45, 2.75) is 31.4 Å². The number of hydrogen-bond donors (Lipinski definition) is 2. The van der Waals surface area contributed by atoms with Gasteiger partial charge in [-0.25, -0.2) is 8.78 Å². The Morgan fingerprint density at radius 3 is 2.50 bits per heavy atom. The van der Waals surface area contributed by atoms with Crippen LogP contribution in [0.2, 0.25) is 0 Å². The van der Waals surface area contributed by atoms with Gasteiger partial charge in [-0.05, 0) is 31.4 Å². The van der Waals surface area contributed by atoms with E-state index in [0.29, 0.717) is 51.1 Å². The standard InChI is InChI=1S/C17H23F2N3O2/c18-12-2-3-15(13(19)10-12)21-5-7-22(8-6-21)17(24)11-1-4-16(23)14(20)9-11/h2-3,10-11,14,16,23H,1,4-9,20H2/t11-,14+,16+/m0/s1. The van der Waals surface area contributed by atoms with Gasteiger partial charge in [-0.15, -0.1) is 0 Å². The third-order valence-corrected chi connectivity index (χ3v) is 5.05. The van der Waals surface area contributed by atoms with Crippen molar-refractivity contribution in [1.29, 1.82) is 0 Å². The maximum atomic E-state index is 13.9. The highest BCUT2D eigenvalue weighted by atomic mass is 19.1. The number of hydrogen-bond acceptors (Lipinski definition) is 4. The molecule has 0 radical (unpaired) electrons. The van der Waals surface area contributed by atoms with Crippen molar-refractivity contribution in [3.63, 3.8) is 0 Å². The number of aliphatic hydroxyl groups is 1. The molecule has 24 heavy (non-hydrogen) atoms. The van der Waals surface area contributed by atoms with E-state index >= 15 is 0 Å². The highest BCUT2D eigenvalue weighted by Gasteiger charge is 2.34. The molecule has 0 spiro atoms. The molecule has 0 aromatic heterocycles. The van der Waals surface area contributed by atoms with Crippen molar-refractivity contribution >= 4 is 11.6 Å². The molecule has 132 valence electrons. The van der Waals surface area contributed by atoms with E-state index in [4.69, 9.17) is 5.73 Å². The Labute approximate surface area is 140 Å². The van der Waals surface area contributed by atoms with Crippen molar-refractivity contribution in [2.75, 3.05) is 31.1 Å². The number of halogens is 2. The summed E-state index contributed by atoms with van der Waals surface area (Å²) >= 11 is 0. The van der Waals surface area contributed by atoms with Gasteiger partial charge < -0.3 is 20.6 Å². The molecule has 1 aromatic rings. The number of benzene rings is 1. The average Bonchev–Trinajstić information content (AvgIpc) is 2.57. The van der Waals surface area contributed by atoms with Crippen LogP contribution in [-0.2, 0) is 4.79 Å². The Morgan fingerprint density at radius 2 is 1.88 bits per heavy atom. The largest absolute Gasteiger partial charge is 0.392 e. The van der Waals surface area contributed by atoms with Gasteiger partial charge in [0.05, 0.1) is 11.8 Å². The lowest BCUT2D eigenvalue weighted by Crippen LogP contribution is -2.52. The van der Waals surface area contributed by atoms with Gasteiger partial charge in [-0.1, -0.05) is 0 Å². The summed E-state index contributed by atoms with van der Waals surface area (Å²) in [4.78, 5) is 16.2. The first-order valence-corrected chi connectivity index (χ1v) is 8.38. The zero-order valence-corrected chi connectivity index (χ0v) is 13.5. The molecule has 0 bridgehead atoms. The van der Waals surface area contributed by atoms with Crippen LogP contribution in [0.1, 0.15) is 19.3 Å². The van der Waals surface area contributed by atoms with E-state index in [1.54, 1.807) is 4.90 Å². The maximum absolute atomic E-state index is 13.9. The van der Waals surface area contributed by atoms with Gasteiger partial charge in [0, 0.05) is 44.2 Å². The Hall–Kier alpha value is -1.73. The summed E-state index contributed by atoms with van der Waals surface area (Å²) in [5, 5.41) is 9.68. The molecule has 3 N–H and O–H groups in total. The quantitative estimate of drug-likeness (QED) is 0.847. The first-order chi connectivity index (χ1) is 11.5. The molecular weight excluding hydrogens is 316 g/mol. The molecule has 1 amide bonds. The van der Waals surface area contributed by atoms with Crippen LogP contribution in [0.5, 0.6) is 0 Å². The number of nitrogens with zero attached hydrogens (tertiary/aromatic N) is 2. The zero-order chi connectivity index (χ0) is 17.3. The number of nitrogens with two attached hydrogens (primary N) is 1. The smallest absolute Gasteiger partial charge is 0.225 e. The van der Waals surface area contributed by atoms with E-state index < -0.39 is 17.7 Å². The van der Waals surface area contributed by atoms with Crippen molar-refractivity contribution in [3.05, 3.63) is 29.8 Å². The predicted molar refractivity (Wildman–Crippen MR) is 86.5 cm³/mol. The van der Waals surface area contributed by atoms with E-state index in [-0.39, 0.29) is 17.9 Å². The van der Waals surface area contributed by atoms with Crippen molar-refractivity contribution in [2.24, 2.45) is 11.7 Å². The molecule has 1 heterocycles. The fourth-order valence-electron chi connectivity index (χ4n) is 3.58. The molecule has 1 saturated carbocycles. The molecule has 3 rings (SSSR count). The number of amides is 1. The molecule has 7 heteroatoms. The summed E-state index contributed by atoms with van der Waals surface area (Å²) in [6.07, 6.45) is 1.19. The monoisotopic (exact) mass is 339 g/mol. The lowest BCUT2D eigenvalue weighted by atomic mass is 9.83. The Bertz CT molecular complexity index is 605. The summed E-state index contributed by atoms with van der Waals surface area (Å²) in [7, 11) is 0. The first-order valence-electron chi connectivity index (χ1n) is 8.38. The molecule has 2 fully saturated rings. The molecule has 5 nitrogen and oxygen atoms in total. The Morgan fingerprint density at radius 1 is 1.17 bits per heavy atom. The lowest BCUT2D eigenvalue weighted by molar-refractivity contribution is -0.137. The van der Waals surface area contributed by atoms with Crippen LogP contribution < -0.4 is 10.6 Å². The molecule has 1 aliphatic carbocycles. The predicted octanol–water partition coefficient (Wildman–Crippen LogP) is 1.10. The van der Waals surface area contributed by atoms with Crippen LogP contribution in [0.15, 0.2) is 18.2 Å². The minimum Gasteiger partial charge on any atom is -0.392 e. The van der Waals surface area contributed by atoms with Gasteiger partial charge in [-0.2, -0.15) is 0 Å². The van der Waals surface area contributed by atoms with Gasteiger partial charge in [0.2, 0.25) is 5.91 Å². The minimum absolute atomic E-state index is 0.0663. The molecule has 2 aliphatic rings. The number of aliphatic hydroxyl groups excluding tert-OH is 1. The number of anilines is 1. The lowest BCUT2D eigenvalue weighted by Gasteiger charge is -2.39. The van der Waals surface area contributed by atoms with Gasteiger partial charge >= 0.3 is 0 Å². The second kappa shape index (κ2) is 7.03. The third kappa shape index (κ3) is 3.52. The van der Waals surface area contributed by atoms with Crippen LogP contribution in [0.25, 0.3) is 0 Å². The second-order valence-electron chi connectivity index (χ2n) is 6.65. The summed E-state index contributed by atoms with van der Waals surface area (Å²) in [6.45, 7) is 2.03. The van der Waals surface area contributed by atoms with Gasteiger partial charge in [0.1, 0.15) is 11.6 Å².